The van der Waals surface area contributed by atoms with E-state index in [0.717, 1.165) is 6.54 Å². The Kier molecular flexibility index (Phi) is 3.14. The van der Waals surface area contributed by atoms with Crippen LogP contribution in [0.4, 0.5) is 4.39 Å². The molecule has 1 rings (SSSR count). The molecule has 4 nitrogen and oxygen atoms in total. The Hall–Kier alpha value is -0.800. The van der Waals surface area contributed by atoms with E-state index in [1.54, 1.807) is 0 Å². The molecule has 1 aliphatic heterocycles. The summed E-state index contributed by atoms with van der Waals surface area (Å²) >= 11 is 0. The van der Waals surface area contributed by atoms with Crippen molar-refractivity contribution in [1.82, 2.24) is 4.90 Å². The first-order valence-electron chi connectivity index (χ1n) is 3.70. The quantitative estimate of drug-likeness (QED) is 0.347. The molecule has 1 aliphatic rings. The lowest BCUT2D eigenvalue weighted by molar-refractivity contribution is 0.293. The minimum absolute atomic E-state index is 0.448. The number of halogens is 1. The standard InChI is InChI=1S/C6H11FN4/c7-6-1-3-11(5-6)4-2-9-10-8/h6H,1-5H2/t6-/m0/s1. The fourth-order valence-electron chi connectivity index (χ4n) is 1.22. The number of hydrogen-bond donors (Lipinski definition) is 0. The first-order valence-corrected chi connectivity index (χ1v) is 3.70. The Morgan fingerprint density at radius 2 is 2.55 bits per heavy atom. The number of likely N-dealkylation sites (tertiary alicyclic amines) is 1. The van der Waals surface area contributed by atoms with Crippen LogP contribution in [-0.2, 0) is 0 Å². The highest BCUT2D eigenvalue weighted by Gasteiger charge is 2.20. The monoisotopic (exact) mass is 158 g/mol. The second-order valence-corrected chi connectivity index (χ2v) is 2.64. The van der Waals surface area contributed by atoms with Crippen molar-refractivity contribution in [3.05, 3.63) is 10.4 Å². The maximum atomic E-state index is 12.5. The molecule has 0 saturated carbocycles. The molecule has 1 atom stereocenters. The molecule has 0 aromatic rings. The highest BCUT2D eigenvalue weighted by molar-refractivity contribution is 4.74. The third-order valence-corrected chi connectivity index (χ3v) is 1.79. The summed E-state index contributed by atoms with van der Waals surface area (Å²) in [6.07, 6.45) is -0.0583. The molecule has 0 amide bonds. The molecule has 0 unspecified atom stereocenters. The average Bonchev–Trinajstić information content (AvgIpc) is 2.37. The predicted octanol–water partition coefficient (Wildman–Crippen LogP) is 1.34. The summed E-state index contributed by atoms with van der Waals surface area (Å²) in [6.45, 7) is 2.43. The van der Waals surface area contributed by atoms with E-state index in [2.05, 4.69) is 10.0 Å². The smallest absolute Gasteiger partial charge is 0.114 e. The van der Waals surface area contributed by atoms with E-state index >= 15 is 0 Å². The van der Waals surface area contributed by atoms with Gasteiger partial charge >= 0.3 is 0 Å². The lowest BCUT2D eigenvalue weighted by atomic mass is 10.3. The average molecular weight is 158 g/mol. The minimum atomic E-state index is -0.680. The molecule has 11 heavy (non-hydrogen) atoms. The van der Waals surface area contributed by atoms with Crippen LogP contribution in [-0.4, -0.2) is 37.3 Å². The maximum Gasteiger partial charge on any atom is 0.114 e. The van der Waals surface area contributed by atoms with Crippen molar-refractivity contribution in [2.75, 3.05) is 26.2 Å². The van der Waals surface area contributed by atoms with E-state index in [1.807, 2.05) is 4.90 Å². The van der Waals surface area contributed by atoms with Crippen LogP contribution in [0.15, 0.2) is 5.11 Å². The summed E-state index contributed by atoms with van der Waals surface area (Å²) in [4.78, 5) is 4.59. The van der Waals surface area contributed by atoms with Crippen molar-refractivity contribution in [2.24, 2.45) is 5.11 Å². The zero-order valence-corrected chi connectivity index (χ0v) is 6.28. The second kappa shape index (κ2) is 4.16. The van der Waals surface area contributed by atoms with Gasteiger partial charge in [0.15, 0.2) is 0 Å². The van der Waals surface area contributed by atoms with Gasteiger partial charge in [-0.15, -0.1) is 0 Å². The van der Waals surface area contributed by atoms with Gasteiger partial charge in [0, 0.05) is 31.1 Å². The largest absolute Gasteiger partial charge is 0.300 e. The van der Waals surface area contributed by atoms with E-state index < -0.39 is 6.17 Å². The van der Waals surface area contributed by atoms with Crippen LogP contribution in [0.1, 0.15) is 6.42 Å². The summed E-state index contributed by atoms with van der Waals surface area (Å²) in [6, 6.07) is 0. The normalized spacial score (nSPS) is 25.0. The van der Waals surface area contributed by atoms with E-state index in [-0.39, 0.29) is 0 Å². The zero-order valence-electron chi connectivity index (χ0n) is 6.28. The Labute approximate surface area is 64.6 Å². The van der Waals surface area contributed by atoms with Gasteiger partial charge in [-0.25, -0.2) is 4.39 Å². The molecular formula is C6H11FN4. The van der Waals surface area contributed by atoms with Gasteiger partial charge in [0.05, 0.1) is 0 Å². The third-order valence-electron chi connectivity index (χ3n) is 1.79. The van der Waals surface area contributed by atoms with Crippen LogP contribution in [0.2, 0.25) is 0 Å². The Morgan fingerprint density at radius 1 is 1.73 bits per heavy atom. The van der Waals surface area contributed by atoms with Gasteiger partial charge in [-0.1, -0.05) is 5.11 Å². The van der Waals surface area contributed by atoms with Crippen LogP contribution in [0.5, 0.6) is 0 Å². The number of rotatable bonds is 3. The van der Waals surface area contributed by atoms with E-state index in [1.165, 1.54) is 0 Å². The zero-order chi connectivity index (χ0) is 8.10. The molecule has 0 aromatic heterocycles. The summed E-state index contributed by atoms with van der Waals surface area (Å²) in [5.74, 6) is 0. The lowest BCUT2D eigenvalue weighted by Crippen LogP contribution is -2.23. The van der Waals surface area contributed by atoms with Crippen molar-refractivity contribution in [2.45, 2.75) is 12.6 Å². The number of alkyl halides is 1. The highest BCUT2D eigenvalue weighted by Crippen LogP contribution is 2.10. The van der Waals surface area contributed by atoms with Crippen LogP contribution in [0, 0.1) is 0 Å². The molecule has 0 aliphatic carbocycles. The molecule has 1 heterocycles. The van der Waals surface area contributed by atoms with E-state index in [4.69, 9.17) is 5.53 Å². The van der Waals surface area contributed by atoms with Gasteiger partial charge in [0.1, 0.15) is 6.17 Å². The van der Waals surface area contributed by atoms with Crippen molar-refractivity contribution >= 4 is 0 Å². The van der Waals surface area contributed by atoms with Crippen molar-refractivity contribution in [1.29, 1.82) is 0 Å². The molecular weight excluding hydrogens is 147 g/mol. The highest BCUT2D eigenvalue weighted by atomic mass is 19.1. The molecule has 0 N–H and O–H groups in total. The van der Waals surface area contributed by atoms with Crippen molar-refractivity contribution < 1.29 is 4.39 Å². The molecule has 62 valence electrons. The lowest BCUT2D eigenvalue weighted by Gasteiger charge is -2.11. The van der Waals surface area contributed by atoms with Crippen molar-refractivity contribution in [3.63, 3.8) is 0 Å². The molecule has 1 fully saturated rings. The Morgan fingerprint density at radius 3 is 3.09 bits per heavy atom. The number of nitrogens with zero attached hydrogens (tertiary/aromatic N) is 4. The van der Waals surface area contributed by atoms with Crippen LogP contribution < -0.4 is 0 Å². The topological polar surface area (TPSA) is 52.0 Å². The Bertz CT molecular complexity index is 166. The van der Waals surface area contributed by atoms with Crippen LogP contribution in [0.3, 0.4) is 0 Å². The van der Waals surface area contributed by atoms with Gasteiger partial charge in [0.2, 0.25) is 0 Å². The summed E-state index contributed by atoms with van der Waals surface area (Å²) < 4.78 is 12.5. The van der Waals surface area contributed by atoms with Crippen LogP contribution >= 0.6 is 0 Å². The fraction of sp³-hybridized carbons (Fsp3) is 1.00. The summed E-state index contributed by atoms with van der Waals surface area (Å²) in [5, 5.41) is 3.38. The van der Waals surface area contributed by atoms with Gasteiger partial charge in [-0.3, -0.25) is 0 Å². The summed E-state index contributed by atoms with van der Waals surface area (Å²) in [5.41, 5.74) is 7.96. The van der Waals surface area contributed by atoms with E-state index in [0.29, 0.717) is 26.1 Å². The van der Waals surface area contributed by atoms with Gasteiger partial charge < -0.3 is 4.90 Å². The molecule has 0 spiro atoms. The third kappa shape index (κ3) is 2.74. The molecule has 1 saturated heterocycles. The molecule has 0 bridgehead atoms. The van der Waals surface area contributed by atoms with Crippen LogP contribution in [0.25, 0.3) is 10.4 Å². The fourth-order valence-corrected chi connectivity index (χ4v) is 1.22. The second-order valence-electron chi connectivity index (χ2n) is 2.64. The van der Waals surface area contributed by atoms with E-state index in [9.17, 15) is 4.39 Å². The molecule has 5 heteroatoms. The minimum Gasteiger partial charge on any atom is -0.300 e. The maximum absolute atomic E-state index is 12.5. The summed E-state index contributed by atoms with van der Waals surface area (Å²) in [7, 11) is 0. The van der Waals surface area contributed by atoms with Gasteiger partial charge in [-0.05, 0) is 12.0 Å². The first-order chi connectivity index (χ1) is 5.33. The predicted molar refractivity (Wildman–Crippen MR) is 40.0 cm³/mol. The Balaban J connectivity index is 2.13. The molecule has 0 radical (unpaired) electrons. The first kappa shape index (κ1) is 8.30. The molecule has 0 aromatic carbocycles. The van der Waals surface area contributed by atoms with Gasteiger partial charge in [-0.2, -0.15) is 0 Å². The van der Waals surface area contributed by atoms with Crippen molar-refractivity contribution in [3.8, 4) is 0 Å². The SMILES string of the molecule is [N-]=[N+]=NCCN1CC[C@H](F)C1. The number of azide groups is 1. The number of hydrogen-bond acceptors (Lipinski definition) is 2. The van der Waals surface area contributed by atoms with Gasteiger partial charge in [0.25, 0.3) is 0 Å².